The Labute approximate surface area is 119 Å². The summed E-state index contributed by atoms with van der Waals surface area (Å²) in [5.41, 5.74) is 6.09. The van der Waals surface area contributed by atoms with Gasteiger partial charge in [-0.25, -0.2) is 17.9 Å². The minimum Gasteiger partial charge on any atom is -0.465 e. The summed E-state index contributed by atoms with van der Waals surface area (Å²) in [6.45, 7) is 4.01. The molecule has 0 saturated heterocycles. The predicted molar refractivity (Wildman–Crippen MR) is 75.8 cm³/mol. The van der Waals surface area contributed by atoms with Crippen LogP contribution in [-0.2, 0) is 14.8 Å². The molecule has 0 aliphatic carbocycles. The molecule has 0 aliphatic heterocycles. The summed E-state index contributed by atoms with van der Waals surface area (Å²) < 4.78 is 31.1. The molecule has 0 aliphatic rings. The maximum absolute atomic E-state index is 12.0. The van der Waals surface area contributed by atoms with Crippen molar-refractivity contribution in [1.82, 2.24) is 4.72 Å². The maximum Gasteiger partial charge on any atom is 0.337 e. The molecule has 1 aromatic carbocycles. The SMILES string of the molecule is COC(=O)c1ccc(S(=O)(=O)NCC(N)C(C)C)cc1. The highest BCUT2D eigenvalue weighted by Gasteiger charge is 2.17. The number of nitrogens with one attached hydrogen (secondary N) is 1. The molecular formula is C13H20N2O4S. The Morgan fingerprint density at radius 2 is 1.85 bits per heavy atom. The van der Waals surface area contributed by atoms with Crippen molar-refractivity contribution in [3.63, 3.8) is 0 Å². The normalized spacial score (nSPS) is 13.2. The second-order valence-electron chi connectivity index (χ2n) is 4.78. The summed E-state index contributed by atoms with van der Waals surface area (Å²) in [6.07, 6.45) is 0. The number of methoxy groups -OCH3 is 1. The molecule has 3 N–H and O–H groups in total. The van der Waals surface area contributed by atoms with Crippen molar-refractivity contribution < 1.29 is 17.9 Å². The summed E-state index contributed by atoms with van der Waals surface area (Å²) in [4.78, 5) is 11.3. The van der Waals surface area contributed by atoms with E-state index < -0.39 is 16.0 Å². The number of hydrogen-bond acceptors (Lipinski definition) is 5. The van der Waals surface area contributed by atoms with Crippen molar-refractivity contribution in [2.24, 2.45) is 11.7 Å². The summed E-state index contributed by atoms with van der Waals surface area (Å²) >= 11 is 0. The van der Waals surface area contributed by atoms with Gasteiger partial charge in [0.05, 0.1) is 17.6 Å². The van der Waals surface area contributed by atoms with Gasteiger partial charge in [-0.15, -0.1) is 0 Å². The van der Waals surface area contributed by atoms with Crippen molar-refractivity contribution in [2.75, 3.05) is 13.7 Å². The fourth-order valence-electron chi connectivity index (χ4n) is 1.41. The first-order chi connectivity index (χ1) is 9.27. The first kappa shape index (κ1) is 16.6. The van der Waals surface area contributed by atoms with Crippen LogP contribution in [0.25, 0.3) is 0 Å². The second-order valence-corrected chi connectivity index (χ2v) is 6.54. The molecule has 0 radical (unpaired) electrons. The van der Waals surface area contributed by atoms with Gasteiger partial charge in [0.2, 0.25) is 10.0 Å². The van der Waals surface area contributed by atoms with Crippen LogP contribution >= 0.6 is 0 Å². The van der Waals surface area contributed by atoms with Crippen LogP contribution in [0, 0.1) is 5.92 Å². The highest BCUT2D eigenvalue weighted by molar-refractivity contribution is 7.89. The first-order valence-electron chi connectivity index (χ1n) is 6.21. The molecule has 6 nitrogen and oxygen atoms in total. The molecule has 7 heteroatoms. The van der Waals surface area contributed by atoms with Crippen LogP contribution < -0.4 is 10.5 Å². The molecule has 112 valence electrons. The smallest absolute Gasteiger partial charge is 0.337 e. The monoisotopic (exact) mass is 300 g/mol. The lowest BCUT2D eigenvalue weighted by Crippen LogP contribution is -2.40. The lowest BCUT2D eigenvalue weighted by Gasteiger charge is -2.16. The number of carbonyl (C=O) groups is 1. The molecular weight excluding hydrogens is 280 g/mol. The van der Waals surface area contributed by atoms with Crippen LogP contribution in [0.5, 0.6) is 0 Å². The average molecular weight is 300 g/mol. The number of ether oxygens (including phenoxy) is 1. The van der Waals surface area contributed by atoms with Gasteiger partial charge in [-0.05, 0) is 30.2 Å². The molecule has 0 spiro atoms. The molecule has 0 fully saturated rings. The topological polar surface area (TPSA) is 98.5 Å². The van der Waals surface area contributed by atoms with E-state index in [0.29, 0.717) is 5.56 Å². The molecule has 1 unspecified atom stereocenters. The number of hydrogen-bond donors (Lipinski definition) is 2. The Morgan fingerprint density at radius 3 is 2.30 bits per heavy atom. The Bertz CT molecular complexity index is 552. The molecule has 0 heterocycles. The number of sulfonamides is 1. The summed E-state index contributed by atoms with van der Waals surface area (Å²) in [5.74, 6) is -0.330. The Morgan fingerprint density at radius 1 is 1.30 bits per heavy atom. The molecule has 0 saturated carbocycles. The number of nitrogens with two attached hydrogens (primary N) is 1. The third kappa shape index (κ3) is 4.29. The molecule has 1 atom stereocenters. The summed E-state index contributed by atoms with van der Waals surface area (Å²) in [5, 5.41) is 0. The van der Waals surface area contributed by atoms with Crippen molar-refractivity contribution in [3.8, 4) is 0 Å². The zero-order valence-electron chi connectivity index (χ0n) is 11.8. The van der Waals surface area contributed by atoms with Gasteiger partial charge in [-0.3, -0.25) is 0 Å². The van der Waals surface area contributed by atoms with Crippen LogP contribution in [-0.4, -0.2) is 34.1 Å². The van der Waals surface area contributed by atoms with E-state index in [1.165, 1.54) is 31.4 Å². The van der Waals surface area contributed by atoms with Crippen molar-refractivity contribution in [2.45, 2.75) is 24.8 Å². The molecule has 0 aromatic heterocycles. The van der Waals surface area contributed by atoms with E-state index >= 15 is 0 Å². The van der Waals surface area contributed by atoms with E-state index in [-0.39, 0.29) is 23.4 Å². The number of rotatable bonds is 6. The zero-order valence-corrected chi connectivity index (χ0v) is 12.6. The van der Waals surface area contributed by atoms with Gasteiger partial charge in [0.15, 0.2) is 0 Å². The third-order valence-electron chi connectivity index (χ3n) is 2.95. The minimum absolute atomic E-state index is 0.0844. The predicted octanol–water partition coefficient (Wildman–Crippen LogP) is 0.735. The van der Waals surface area contributed by atoms with Gasteiger partial charge in [-0.1, -0.05) is 13.8 Å². The quantitative estimate of drug-likeness (QED) is 0.755. The van der Waals surface area contributed by atoms with Gasteiger partial charge in [0.25, 0.3) is 0 Å². The summed E-state index contributed by atoms with van der Waals surface area (Å²) in [7, 11) is -2.35. The van der Waals surface area contributed by atoms with Gasteiger partial charge in [0.1, 0.15) is 0 Å². The van der Waals surface area contributed by atoms with Crippen LogP contribution in [0.15, 0.2) is 29.2 Å². The minimum atomic E-state index is -3.62. The highest BCUT2D eigenvalue weighted by Crippen LogP contribution is 2.11. The lowest BCUT2D eigenvalue weighted by atomic mass is 10.1. The molecule has 1 aromatic rings. The van der Waals surface area contributed by atoms with Crippen LogP contribution in [0.2, 0.25) is 0 Å². The lowest BCUT2D eigenvalue weighted by molar-refractivity contribution is 0.0600. The highest BCUT2D eigenvalue weighted by atomic mass is 32.2. The molecule has 1 rings (SSSR count). The van der Waals surface area contributed by atoms with Crippen LogP contribution in [0.3, 0.4) is 0 Å². The number of carbonyl (C=O) groups excluding carboxylic acids is 1. The van der Waals surface area contributed by atoms with Crippen LogP contribution in [0.4, 0.5) is 0 Å². The molecule has 0 bridgehead atoms. The third-order valence-corrected chi connectivity index (χ3v) is 4.39. The van der Waals surface area contributed by atoms with Gasteiger partial charge >= 0.3 is 5.97 Å². The number of benzene rings is 1. The van der Waals surface area contributed by atoms with Gasteiger partial charge in [0, 0.05) is 12.6 Å². The molecule has 0 amide bonds. The van der Waals surface area contributed by atoms with E-state index in [9.17, 15) is 13.2 Å². The molecule has 20 heavy (non-hydrogen) atoms. The van der Waals surface area contributed by atoms with Gasteiger partial charge < -0.3 is 10.5 Å². The second kappa shape index (κ2) is 6.83. The van der Waals surface area contributed by atoms with Crippen molar-refractivity contribution >= 4 is 16.0 Å². The average Bonchev–Trinajstić information content (AvgIpc) is 2.44. The zero-order chi connectivity index (χ0) is 15.3. The maximum atomic E-state index is 12.0. The van der Waals surface area contributed by atoms with Gasteiger partial charge in [-0.2, -0.15) is 0 Å². The standard InChI is InChI=1S/C13H20N2O4S/c1-9(2)12(14)8-15-20(17,18)11-6-4-10(5-7-11)13(16)19-3/h4-7,9,12,15H,8,14H2,1-3H3. The summed E-state index contributed by atoms with van der Waals surface area (Å²) in [6, 6.07) is 5.27. The van der Waals surface area contributed by atoms with E-state index in [1.54, 1.807) is 0 Å². The fraction of sp³-hybridized carbons (Fsp3) is 0.462. The fourth-order valence-corrected chi connectivity index (χ4v) is 2.49. The Balaban J connectivity index is 2.80. The largest absolute Gasteiger partial charge is 0.465 e. The van der Waals surface area contributed by atoms with Crippen LogP contribution in [0.1, 0.15) is 24.2 Å². The van der Waals surface area contributed by atoms with Crippen molar-refractivity contribution in [1.29, 1.82) is 0 Å². The van der Waals surface area contributed by atoms with E-state index in [0.717, 1.165) is 0 Å². The first-order valence-corrected chi connectivity index (χ1v) is 7.70. The van der Waals surface area contributed by atoms with E-state index in [4.69, 9.17) is 5.73 Å². The van der Waals surface area contributed by atoms with E-state index in [2.05, 4.69) is 9.46 Å². The van der Waals surface area contributed by atoms with Crippen molar-refractivity contribution in [3.05, 3.63) is 29.8 Å². The Hall–Kier alpha value is -1.44. The number of esters is 1. The Kier molecular flexibility index (Phi) is 5.67. The van der Waals surface area contributed by atoms with E-state index in [1.807, 2.05) is 13.8 Å².